The van der Waals surface area contributed by atoms with Crippen LogP contribution in [0.1, 0.15) is 50.2 Å². The molecule has 1 aromatic carbocycles. The van der Waals surface area contributed by atoms with Crippen LogP contribution in [0.5, 0.6) is 0 Å². The lowest BCUT2D eigenvalue weighted by Gasteiger charge is -2.35. The van der Waals surface area contributed by atoms with Crippen LogP contribution in [0.15, 0.2) is 29.3 Å². The number of aliphatic imine (C=N–C) groups is 1. The van der Waals surface area contributed by atoms with Gasteiger partial charge in [-0.05, 0) is 49.7 Å². The van der Waals surface area contributed by atoms with Crippen LogP contribution < -0.4 is 5.73 Å². The van der Waals surface area contributed by atoms with E-state index in [2.05, 4.69) is 36.1 Å². The molecule has 1 aliphatic heterocycles. The second kappa shape index (κ2) is 7.66. The zero-order chi connectivity index (χ0) is 14.7. The van der Waals surface area contributed by atoms with Gasteiger partial charge in [-0.3, -0.25) is 4.99 Å². The zero-order valence-electron chi connectivity index (χ0n) is 13.6. The number of guanidine groups is 1. The fourth-order valence-electron chi connectivity index (χ4n) is 3.77. The van der Waals surface area contributed by atoms with E-state index in [1.165, 1.54) is 49.7 Å². The number of hydrogen-bond donors (Lipinski definition) is 1. The van der Waals surface area contributed by atoms with Crippen LogP contribution in [-0.2, 0) is 11.8 Å². The molecule has 1 aliphatic carbocycles. The van der Waals surface area contributed by atoms with E-state index in [9.17, 15) is 0 Å². The molecule has 3 nitrogen and oxygen atoms in total. The van der Waals surface area contributed by atoms with E-state index in [0.717, 1.165) is 25.6 Å². The molecule has 1 fully saturated rings. The average molecular weight is 413 g/mol. The van der Waals surface area contributed by atoms with Gasteiger partial charge in [-0.1, -0.05) is 31.2 Å². The molecule has 3 rings (SSSR count). The average Bonchev–Trinajstić information content (AvgIpc) is 2.54. The standard InChI is InChI=1S/C18H27N3.HI/c1-18(11-7-9-15-8-3-4-10-16(15)18)14-20-17(19)21-12-5-2-6-13-21;/h3-4,8,10H,2,5-7,9,11-14H2,1H3,(H2,19,20);1H. The Morgan fingerprint density at radius 2 is 1.91 bits per heavy atom. The van der Waals surface area contributed by atoms with Crippen LogP contribution >= 0.6 is 24.0 Å². The second-order valence-corrected chi connectivity index (χ2v) is 6.79. The van der Waals surface area contributed by atoms with Gasteiger partial charge in [0.05, 0.1) is 6.54 Å². The number of nitrogens with two attached hydrogens (primary N) is 1. The Labute approximate surface area is 151 Å². The van der Waals surface area contributed by atoms with Crippen molar-refractivity contribution in [2.45, 2.75) is 50.9 Å². The van der Waals surface area contributed by atoms with Crippen molar-refractivity contribution in [1.82, 2.24) is 4.90 Å². The summed E-state index contributed by atoms with van der Waals surface area (Å²) in [5.41, 5.74) is 9.34. The molecule has 22 heavy (non-hydrogen) atoms. The summed E-state index contributed by atoms with van der Waals surface area (Å²) in [7, 11) is 0. The molecular formula is C18H28IN3. The molecular weight excluding hydrogens is 385 g/mol. The molecule has 2 aliphatic rings. The fraction of sp³-hybridized carbons (Fsp3) is 0.611. The first-order valence-corrected chi connectivity index (χ1v) is 8.32. The summed E-state index contributed by atoms with van der Waals surface area (Å²) in [6, 6.07) is 8.85. The number of rotatable bonds is 2. The van der Waals surface area contributed by atoms with Gasteiger partial charge in [-0.2, -0.15) is 0 Å². The maximum absolute atomic E-state index is 6.22. The summed E-state index contributed by atoms with van der Waals surface area (Å²) in [6.45, 7) is 5.30. The maximum Gasteiger partial charge on any atom is 0.191 e. The van der Waals surface area contributed by atoms with Crippen LogP contribution in [0.3, 0.4) is 0 Å². The van der Waals surface area contributed by atoms with Crippen LogP contribution in [0, 0.1) is 0 Å². The molecule has 0 amide bonds. The fourth-order valence-corrected chi connectivity index (χ4v) is 3.77. The molecule has 0 radical (unpaired) electrons. The smallest absolute Gasteiger partial charge is 0.191 e. The van der Waals surface area contributed by atoms with Crippen LogP contribution in [-0.4, -0.2) is 30.5 Å². The minimum Gasteiger partial charge on any atom is -0.370 e. The zero-order valence-corrected chi connectivity index (χ0v) is 15.9. The van der Waals surface area contributed by atoms with Crippen molar-refractivity contribution >= 4 is 29.9 Å². The molecule has 1 heterocycles. The maximum atomic E-state index is 6.22. The number of benzene rings is 1. The van der Waals surface area contributed by atoms with Crippen molar-refractivity contribution in [3.63, 3.8) is 0 Å². The first-order chi connectivity index (χ1) is 10.2. The number of nitrogens with zero attached hydrogens (tertiary/aromatic N) is 2. The van der Waals surface area contributed by atoms with Crippen molar-refractivity contribution in [2.24, 2.45) is 10.7 Å². The van der Waals surface area contributed by atoms with Gasteiger partial charge in [0.15, 0.2) is 5.96 Å². The Bertz CT molecular complexity index is 523. The Hall–Kier alpha value is -0.780. The number of piperidine rings is 1. The van der Waals surface area contributed by atoms with Crippen molar-refractivity contribution in [1.29, 1.82) is 0 Å². The minimum atomic E-state index is 0. The van der Waals surface area contributed by atoms with Crippen LogP contribution in [0.2, 0.25) is 0 Å². The third-order valence-electron chi connectivity index (χ3n) is 5.11. The monoisotopic (exact) mass is 413 g/mol. The van der Waals surface area contributed by atoms with Crippen LogP contribution in [0.25, 0.3) is 0 Å². The van der Waals surface area contributed by atoms with E-state index in [1.54, 1.807) is 0 Å². The van der Waals surface area contributed by atoms with Crippen molar-refractivity contribution in [2.75, 3.05) is 19.6 Å². The quantitative estimate of drug-likeness (QED) is 0.457. The van der Waals surface area contributed by atoms with Crippen molar-refractivity contribution in [3.8, 4) is 0 Å². The molecule has 1 atom stereocenters. The topological polar surface area (TPSA) is 41.6 Å². The number of aryl methyl sites for hydroxylation is 1. The molecule has 1 saturated heterocycles. The lowest BCUT2D eigenvalue weighted by molar-refractivity contribution is 0.334. The SMILES string of the molecule is CC1(CN=C(N)N2CCCCC2)CCCc2ccccc21.I. The van der Waals surface area contributed by atoms with Gasteiger partial charge >= 0.3 is 0 Å². The summed E-state index contributed by atoms with van der Waals surface area (Å²) < 4.78 is 0. The van der Waals surface area contributed by atoms with Gasteiger partial charge in [0.2, 0.25) is 0 Å². The summed E-state index contributed by atoms with van der Waals surface area (Å²) in [5.74, 6) is 0.749. The van der Waals surface area contributed by atoms with Crippen molar-refractivity contribution in [3.05, 3.63) is 35.4 Å². The third-order valence-corrected chi connectivity index (χ3v) is 5.11. The van der Waals surface area contributed by atoms with E-state index in [0.29, 0.717) is 0 Å². The Morgan fingerprint density at radius 1 is 1.18 bits per heavy atom. The normalized spacial score (nSPS) is 25.3. The summed E-state index contributed by atoms with van der Waals surface area (Å²) >= 11 is 0. The number of fused-ring (bicyclic) bond motifs is 1. The largest absolute Gasteiger partial charge is 0.370 e. The van der Waals surface area contributed by atoms with E-state index in [1.807, 2.05) is 0 Å². The number of hydrogen-bond acceptors (Lipinski definition) is 1. The third kappa shape index (κ3) is 3.76. The number of likely N-dealkylation sites (tertiary alicyclic amines) is 1. The van der Waals surface area contributed by atoms with E-state index in [4.69, 9.17) is 10.7 Å². The predicted octanol–water partition coefficient (Wildman–Crippen LogP) is 3.70. The van der Waals surface area contributed by atoms with Crippen LogP contribution in [0.4, 0.5) is 0 Å². The van der Waals surface area contributed by atoms with Gasteiger partial charge in [0, 0.05) is 18.5 Å². The molecule has 0 spiro atoms. The van der Waals surface area contributed by atoms with E-state index in [-0.39, 0.29) is 29.4 Å². The minimum absolute atomic E-state index is 0. The Kier molecular flexibility index (Phi) is 6.12. The highest BCUT2D eigenvalue weighted by Crippen LogP contribution is 2.37. The molecule has 0 saturated carbocycles. The number of halogens is 1. The molecule has 1 aromatic rings. The Morgan fingerprint density at radius 3 is 2.68 bits per heavy atom. The van der Waals surface area contributed by atoms with Gasteiger partial charge in [-0.25, -0.2) is 0 Å². The van der Waals surface area contributed by atoms with Gasteiger partial charge in [0.25, 0.3) is 0 Å². The lowest BCUT2D eigenvalue weighted by atomic mass is 9.71. The first-order valence-electron chi connectivity index (χ1n) is 8.32. The summed E-state index contributed by atoms with van der Waals surface area (Å²) in [5, 5.41) is 0. The van der Waals surface area contributed by atoms with Gasteiger partial charge in [-0.15, -0.1) is 24.0 Å². The van der Waals surface area contributed by atoms with E-state index < -0.39 is 0 Å². The predicted molar refractivity (Wildman–Crippen MR) is 104 cm³/mol. The molecule has 2 N–H and O–H groups in total. The molecule has 4 heteroatoms. The molecule has 0 bridgehead atoms. The first kappa shape index (κ1) is 17.6. The molecule has 0 aromatic heterocycles. The summed E-state index contributed by atoms with van der Waals surface area (Å²) in [6.07, 6.45) is 7.49. The summed E-state index contributed by atoms with van der Waals surface area (Å²) in [4.78, 5) is 7.01. The highest BCUT2D eigenvalue weighted by atomic mass is 127. The lowest BCUT2D eigenvalue weighted by Crippen LogP contribution is -2.42. The van der Waals surface area contributed by atoms with Gasteiger partial charge in [0.1, 0.15) is 0 Å². The highest BCUT2D eigenvalue weighted by Gasteiger charge is 2.31. The molecule has 1 unspecified atom stereocenters. The second-order valence-electron chi connectivity index (χ2n) is 6.79. The van der Waals surface area contributed by atoms with Gasteiger partial charge < -0.3 is 10.6 Å². The van der Waals surface area contributed by atoms with E-state index >= 15 is 0 Å². The Balaban J connectivity index is 0.00000176. The molecule has 122 valence electrons. The highest BCUT2D eigenvalue weighted by molar-refractivity contribution is 14.0. The van der Waals surface area contributed by atoms with Crippen molar-refractivity contribution < 1.29 is 0 Å².